The fraction of sp³-hybridized carbons (Fsp3) is 0.900. The molecule has 0 bridgehead atoms. The van der Waals surface area contributed by atoms with Crippen LogP contribution in [0.25, 0.3) is 0 Å². The molecule has 1 fully saturated rings. The van der Waals surface area contributed by atoms with Gasteiger partial charge in [0.05, 0.1) is 27.2 Å². The summed E-state index contributed by atoms with van der Waals surface area (Å²) in [5, 5.41) is 12.5. The number of carbonyl (C=O) groups is 1. The van der Waals surface area contributed by atoms with E-state index in [0.717, 1.165) is 25.7 Å². The van der Waals surface area contributed by atoms with Gasteiger partial charge in [-0.25, -0.2) is 9.60 Å². The highest BCUT2D eigenvalue weighted by Crippen LogP contribution is 2.24. The number of quaternary nitrogens is 1. The molecule has 0 aromatic rings. The second kappa shape index (κ2) is 4.17. The average molecular weight is 200 g/mol. The van der Waals surface area contributed by atoms with Gasteiger partial charge in [-0.15, -0.1) is 0 Å². The number of amides is 1. The van der Waals surface area contributed by atoms with Gasteiger partial charge >= 0.3 is 0 Å². The van der Waals surface area contributed by atoms with Crippen molar-refractivity contribution in [3.63, 3.8) is 0 Å². The molecule has 1 rings (SSSR count). The lowest BCUT2D eigenvalue weighted by Gasteiger charge is -2.44. The largest absolute Gasteiger partial charge is 0.526 e. The molecule has 0 atom stereocenters. The Hall–Kier alpha value is -0.770. The molecule has 1 amide bonds. The zero-order valence-corrected chi connectivity index (χ0v) is 9.32. The van der Waals surface area contributed by atoms with Gasteiger partial charge in [-0.3, -0.25) is 0 Å². The molecule has 0 aromatic carbocycles. The van der Waals surface area contributed by atoms with Crippen LogP contribution in [0.4, 0.5) is 4.79 Å². The average Bonchev–Trinajstić information content (AvgIpc) is 2.02. The number of nitrogens with zero attached hydrogens (tertiary/aromatic N) is 2. The second-order valence-corrected chi connectivity index (χ2v) is 4.84. The zero-order valence-electron chi connectivity index (χ0n) is 9.32. The summed E-state index contributed by atoms with van der Waals surface area (Å²) in [5.74, 6) is 0. The lowest BCUT2D eigenvalue weighted by Crippen LogP contribution is -2.62. The predicted octanol–water partition coefficient (Wildman–Crippen LogP) is 0.586. The molecule has 0 spiro atoms. The lowest BCUT2D eigenvalue weighted by molar-refractivity contribution is -0.981. The quantitative estimate of drug-likeness (QED) is 0.483. The van der Waals surface area contributed by atoms with E-state index in [1.165, 1.54) is 11.4 Å². The number of rotatable bonds is 2. The Morgan fingerprint density at radius 1 is 1.21 bits per heavy atom. The van der Waals surface area contributed by atoms with Crippen LogP contribution in [-0.4, -0.2) is 42.9 Å². The molecule has 0 aliphatic heterocycles. The van der Waals surface area contributed by atoms with Gasteiger partial charge in [-0.2, -0.15) is 0 Å². The first kappa shape index (κ1) is 11.3. The summed E-state index contributed by atoms with van der Waals surface area (Å²) < 4.78 is 0.312. The smallest absolute Gasteiger partial charge is 0.189 e. The van der Waals surface area contributed by atoms with Gasteiger partial charge in [0, 0.05) is 0 Å². The van der Waals surface area contributed by atoms with E-state index in [4.69, 9.17) is 0 Å². The highest BCUT2D eigenvalue weighted by atomic mass is 16.4. The topological polar surface area (TPSA) is 43.4 Å². The van der Waals surface area contributed by atoms with Crippen molar-refractivity contribution < 1.29 is 14.5 Å². The Morgan fingerprint density at radius 2 is 1.71 bits per heavy atom. The van der Waals surface area contributed by atoms with Gasteiger partial charge in [0.25, 0.3) is 0 Å². The maximum Gasteiger partial charge on any atom is 0.189 e. The summed E-state index contributed by atoms with van der Waals surface area (Å²) in [5.41, 5.74) is 0. The Labute approximate surface area is 85.7 Å². The van der Waals surface area contributed by atoms with Crippen LogP contribution in [0.3, 0.4) is 0 Å². The van der Waals surface area contributed by atoms with Gasteiger partial charge in [-0.1, -0.05) is 19.3 Å². The Morgan fingerprint density at radius 3 is 2.07 bits per heavy atom. The number of carboxylic acid groups (broad SMARTS) is 1. The van der Waals surface area contributed by atoms with Crippen LogP contribution in [0.1, 0.15) is 32.1 Å². The molecule has 4 heteroatoms. The lowest BCUT2D eigenvalue weighted by atomic mass is 9.95. The van der Waals surface area contributed by atoms with Crippen molar-refractivity contribution in [2.45, 2.75) is 38.1 Å². The number of hydrogen-bond donors (Lipinski definition) is 0. The monoisotopic (exact) mass is 200 g/mol. The first-order valence-electron chi connectivity index (χ1n) is 5.25. The van der Waals surface area contributed by atoms with Crippen molar-refractivity contribution in [3.05, 3.63) is 0 Å². The van der Waals surface area contributed by atoms with E-state index in [1.807, 2.05) is 21.1 Å². The van der Waals surface area contributed by atoms with Crippen molar-refractivity contribution in [1.29, 1.82) is 0 Å². The molecule has 1 aliphatic rings. The molecule has 0 N–H and O–H groups in total. The van der Waals surface area contributed by atoms with E-state index >= 15 is 0 Å². The third kappa shape index (κ3) is 2.61. The maximum atomic E-state index is 11.0. The van der Waals surface area contributed by atoms with Crippen molar-refractivity contribution >= 4 is 6.09 Å². The van der Waals surface area contributed by atoms with E-state index in [0.29, 0.717) is 4.59 Å². The Bertz CT molecular complexity index is 205. The summed E-state index contributed by atoms with van der Waals surface area (Å²) in [4.78, 5) is 11.0. The summed E-state index contributed by atoms with van der Waals surface area (Å²) >= 11 is 0. The van der Waals surface area contributed by atoms with Crippen LogP contribution in [-0.2, 0) is 0 Å². The van der Waals surface area contributed by atoms with Crippen LogP contribution < -0.4 is 5.11 Å². The van der Waals surface area contributed by atoms with Gasteiger partial charge in [0.2, 0.25) is 0 Å². The van der Waals surface area contributed by atoms with Gasteiger partial charge in [0.15, 0.2) is 6.09 Å². The summed E-state index contributed by atoms with van der Waals surface area (Å²) in [6.45, 7) is 0. The van der Waals surface area contributed by atoms with Crippen molar-refractivity contribution in [3.8, 4) is 0 Å². The van der Waals surface area contributed by atoms with Crippen molar-refractivity contribution in [2.24, 2.45) is 0 Å². The van der Waals surface area contributed by atoms with E-state index in [9.17, 15) is 9.90 Å². The molecule has 0 saturated heterocycles. The molecule has 14 heavy (non-hydrogen) atoms. The van der Waals surface area contributed by atoms with Gasteiger partial charge in [-0.05, 0) is 12.8 Å². The fourth-order valence-corrected chi connectivity index (χ4v) is 2.21. The van der Waals surface area contributed by atoms with E-state index in [2.05, 4.69) is 0 Å². The first-order valence-corrected chi connectivity index (χ1v) is 5.25. The maximum absolute atomic E-state index is 11.0. The fourth-order valence-electron chi connectivity index (χ4n) is 2.21. The highest BCUT2D eigenvalue weighted by Gasteiger charge is 2.30. The van der Waals surface area contributed by atoms with Crippen LogP contribution in [0.15, 0.2) is 0 Å². The number of hydrogen-bond acceptors (Lipinski definition) is 2. The SMILES string of the molecule is C[N+](C)(C)N(C(=O)[O-])C1CCCCC1. The summed E-state index contributed by atoms with van der Waals surface area (Å²) in [6, 6.07) is 0.147. The molecule has 1 saturated carbocycles. The molecule has 1 aliphatic carbocycles. The van der Waals surface area contributed by atoms with E-state index in [-0.39, 0.29) is 6.04 Å². The zero-order chi connectivity index (χ0) is 10.8. The molecule has 0 unspecified atom stereocenters. The summed E-state index contributed by atoms with van der Waals surface area (Å²) in [7, 11) is 5.60. The second-order valence-electron chi connectivity index (χ2n) is 4.84. The minimum absolute atomic E-state index is 0.147. The normalized spacial score (nSPS) is 19.4. The molecule has 0 radical (unpaired) electrons. The van der Waals surface area contributed by atoms with Gasteiger partial charge < -0.3 is 9.90 Å². The summed E-state index contributed by atoms with van der Waals surface area (Å²) in [6.07, 6.45) is 4.40. The molecular weight excluding hydrogens is 180 g/mol. The Balaban J connectivity index is 2.71. The Kier molecular flexibility index (Phi) is 3.37. The molecule has 82 valence electrons. The van der Waals surface area contributed by atoms with Crippen molar-refractivity contribution in [2.75, 3.05) is 21.1 Å². The third-order valence-electron chi connectivity index (χ3n) is 2.75. The first-order chi connectivity index (χ1) is 6.43. The minimum Gasteiger partial charge on any atom is -0.526 e. The van der Waals surface area contributed by atoms with Crippen LogP contribution >= 0.6 is 0 Å². The van der Waals surface area contributed by atoms with Gasteiger partial charge in [0.1, 0.15) is 0 Å². The molecule has 0 heterocycles. The minimum atomic E-state index is -1.05. The third-order valence-corrected chi connectivity index (χ3v) is 2.75. The predicted molar refractivity (Wildman–Crippen MR) is 52.1 cm³/mol. The highest BCUT2D eigenvalue weighted by molar-refractivity contribution is 5.61. The van der Waals surface area contributed by atoms with Crippen molar-refractivity contribution in [1.82, 2.24) is 5.01 Å². The number of carbonyl (C=O) groups excluding carboxylic acids is 1. The molecular formula is C10H20N2O2. The van der Waals surface area contributed by atoms with E-state index < -0.39 is 6.09 Å². The van der Waals surface area contributed by atoms with Crippen LogP contribution in [0, 0.1) is 0 Å². The molecule has 4 nitrogen and oxygen atoms in total. The molecule has 0 aromatic heterocycles. The van der Waals surface area contributed by atoms with E-state index in [1.54, 1.807) is 0 Å². The standard InChI is InChI=1S/C10H20N2O2/c1-12(2,3)11(10(13)14)9-7-5-4-6-8-9/h9H,4-8H2,1-3H3. The van der Waals surface area contributed by atoms with Crippen LogP contribution in [0.2, 0.25) is 0 Å². The van der Waals surface area contributed by atoms with Crippen LogP contribution in [0.5, 0.6) is 0 Å².